The van der Waals surface area contributed by atoms with E-state index in [0.717, 1.165) is 0 Å². The van der Waals surface area contributed by atoms with Crippen LogP contribution < -0.4 is 5.32 Å². The Morgan fingerprint density at radius 1 is 1.06 bits per heavy atom. The summed E-state index contributed by atoms with van der Waals surface area (Å²) in [5, 5.41) is 2.79. The van der Waals surface area contributed by atoms with Gasteiger partial charge in [0.15, 0.2) is 35.1 Å². The molecule has 0 spiro atoms. The molecule has 0 radical (unpaired) electrons. The average Bonchev–Trinajstić information content (AvgIpc) is 3.48. The van der Waals surface area contributed by atoms with Crippen molar-refractivity contribution in [3.05, 3.63) is 48.5 Å². The van der Waals surface area contributed by atoms with E-state index in [2.05, 4.69) is 51.4 Å². The fourth-order valence-electron chi connectivity index (χ4n) is 4.23. The number of carbonyl (C=O) groups is 2. The fourth-order valence-corrected chi connectivity index (χ4v) is 4.73. The minimum Gasteiger partial charge on any atom is -0.341 e. The molecule has 36 heavy (non-hydrogen) atoms. The highest BCUT2D eigenvalue weighted by atomic mass is 28.3. The number of fused-ring (bicyclic) bond motifs is 2. The SMILES string of the molecule is CC1(C)O[C@@H]2[C@H](O1)[C@@H](C(=O)C#C[Si](C)(C)C)O[C@H]2n1cnc2c(NC(=O)c3ccccc3)ncnc21. The van der Waals surface area contributed by atoms with Gasteiger partial charge in [-0.2, -0.15) is 0 Å². The van der Waals surface area contributed by atoms with Gasteiger partial charge in [0.25, 0.3) is 5.91 Å². The van der Waals surface area contributed by atoms with E-state index in [9.17, 15) is 9.59 Å². The molecule has 11 heteroatoms. The Hall–Kier alpha value is -3.43. The second-order valence-corrected chi connectivity index (χ2v) is 15.0. The van der Waals surface area contributed by atoms with Crippen LogP contribution in [0.4, 0.5) is 5.82 Å². The number of carbonyl (C=O) groups excluding carboxylic acids is 2. The molecule has 1 aromatic carbocycles. The molecule has 2 fully saturated rings. The number of aromatic nitrogens is 4. The van der Waals surface area contributed by atoms with E-state index >= 15 is 0 Å². The Labute approximate surface area is 209 Å². The largest absolute Gasteiger partial charge is 0.341 e. The van der Waals surface area contributed by atoms with Gasteiger partial charge in [0.05, 0.1) is 6.33 Å². The van der Waals surface area contributed by atoms with Gasteiger partial charge in [0.1, 0.15) is 26.6 Å². The second-order valence-electron chi connectivity index (χ2n) is 10.2. The lowest BCUT2D eigenvalue weighted by Gasteiger charge is -2.23. The summed E-state index contributed by atoms with van der Waals surface area (Å²) in [4.78, 5) is 38.7. The number of rotatable bonds is 4. The molecule has 2 aromatic heterocycles. The summed E-state index contributed by atoms with van der Waals surface area (Å²) in [7, 11) is -1.76. The predicted octanol–water partition coefficient (Wildman–Crippen LogP) is 2.95. The van der Waals surface area contributed by atoms with Crippen molar-refractivity contribution in [3.8, 4) is 11.5 Å². The molecular formula is C25H27N5O5Si. The molecule has 0 bridgehead atoms. The van der Waals surface area contributed by atoms with Gasteiger partial charge in [-0.3, -0.25) is 14.2 Å². The quantitative estimate of drug-likeness (QED) is 0.425. The van der Waals surface area contributed by atoms with Gasteiger partial charge < -0.3 is 19.5 Å². The first-order valence-electron chi connectivity index (χ1n) is 11.6. The third-order valence-corrected chi connectivity index (χ3v) is 6.62. The summed E-state index contributed by atoms with van der Waals surface area (Å²) in [5.41, 5.74) is 4.40. The van der Waals surface area contributed by atoms with Crippen molar-refractivity contribution in [3.63, 3.8) is 0 Å². The van der Waals surface area contributed by atoms with Crippen LogP contribution >= 0.6 is 0 Å². The fraction of sp³-hybridized carbons (Fsp3) is 0.400. The zero-order valence-electron chi connectivity index (χ0n) is 20.7. The van der Waals surface area contributed by atoms with Gasteiger partial charge in [-0.15, -0.1) is 5.54 Å². The number of nitrogens with zero attached hydrogens (tertiary/aromatic N) is 4. The predicted molar refractivity (Wildman–Crippen MR) is 134 cm³/mol. The van der Waals surface area contributed by atoms with E-state index in [4.69, 9.17) is 14.2 Å². The Morgan fingerprint density at radius 3 is 2.50 bits per heavy atom. The van der Waals surface area contributed by atoms with Crippen LogP contribution in [0.5, 0.6) is 0 Å². The first-order valence-corrected chi connectivity index (χ1v) is 15.1. The van der Waals surface area contributed by atoms with Crippen LogP contribution in [-0.4, -0.2) is 63.4 Å². The zero-order chi connectivity index (χ0) is 25.7. The molecule has 0 saturated carbocycles. The summed E-state index contributed by atoms with van der Waals surface area (Å²) < 4.78 is 20.0. The molecule has 2 saturated heterocycles. The lowest BCUT2D eigenvalue weighted by atomic mass is 10.1. The van der Waals surface area contributed by atoms with Gasteiger partial charge in [-0.1, -0.05) is 37.8 Å². The van der Waals surface area contributed by atoms with Gasteiger partial charge in [-0.25, -0.2) is 15.0 Å². The lowest BCUT2D eigenvalue weighted by molar-refractivity contribution is -0.195. The monoisotopic (exact) mass is 505 g/mol. The summed E-state index contributed by atoms with van der Waals surface area (Å²) in [6.45, 7) is 9.79. The summed E-state index contributed by atoms with van der Waals surface area (Å²) in [5.74, 6) is 1.47. The molecule has 10 nitrogen and oxygen atoms in total. The smallest absolute Gasteiger partial charge is 0.256 e. The molecule has 4 atom stereocenters. The third-order valence-electron chi connectivity index (χ3n) is 5.75. The molecule has 0 unspecified atom stereocenters. The molecular weight excluding hydrogens is 478 g/mol. The number of imidazole rings is 1. The first kappa shape index (κ1) is 24.3. The van der Waals surface area contributed by atoms with E-state index in [1.807, 2.05) is 6.07 Å². The second kappa shape index (κ2) is 8.90. The van der Waals surface area contributed by atoms with Crippen LogP contribution in [0.15, 0.2) is 43.0 Å². The molecule has 2 aliphatic rings. The Kier molecular flexibility index (Phi) is 6.00. The first-order chi connectivity index (χ1) is 17.0. The maximum atomic E-state index is 13.0. The molecule has 2 aliphatic heterocycles. The maximum Gasteiger partial charge on any atom is 0.256 e. The van der Waals surface area contributed by atoms with E-state index in [1.54, 1.807) is 42.7 Å². The molecule has 1 amide bonds. The Balaban J connectivity index is 1.47. The Bertz CT molecular complexity index is 1390. The Morgan fingerprint density at radius 2 is 1.78 bits per heavy atom. The molecule has 1 N–H and O–H groups in total. The summed E-state index contributed by atoms with van der Waals surface area (Å²) in [6.07, 6.45) is 0.00147. The number of anilines is 1. The molecule has 0 aliphatic carbocycles. The zero-order valence-corrected chi connectivity index (χ0v) is 21.7. The number of ketones is 1. The van der Waals surface area contributed by atoms with E-state index in [0.29, 0.717) is 16.7 Å². The highest BCUT2D eigenvalue weighted by Crippen LogP contribution is 2.44. The van der Waals surface area contributed by atoms with Crippen molar-refractivity contribution in [1.82, 2.24) is 19.5 Å². The maximum absolute atomic E-state index is 13.0. The number of benzene rings is 1. The van der Waals surface area contributed by atoms with Crippen molar-refractivity contribution in [2.75, 3.05) is 5.32 Å². The van der Waals surface area contributed by atoms with Crippen LogP contribution in [0.2, 0.25) is 19.6 Å². The van der Waals surface area contributed by atoms with E-state index < -0.39 is 38.4 Å². The van der Waals surface area contributed by atoms with E-state index in [-0.39, 0.29) is 17.5 Å². The normalized spacial score (nSPS) is 24.7. The summed E-state index contributed by atoms with van der Waals surface area (Å²) in [6, 6.07) is 8.81. The van der Waals surface area contributed by atoms with Crippen LogP contribution in [0.1, 0.15) is 30.4 Å². The van der Waals surface area contributed by atoms with Gasteiger partial charge in [0.2, 0.25) is 5.78 Å². The number of hydrogen-bond acceptors (Lipinski definition) is 8. The molecule has 3 aromatic rings. The number of Topliss-reactive ketones (excluding diaryl/α,β-unsaturated/α-hetero) is 1. The van der Waals surface area contributed by atoms with Crippen molar-refractivity contribution in [1.29, 1.82) is 0 Å². The van der Waals surface area contributed by atoms with Crippen LogP contribution in [-0.2, 0) is 19.0 Å². The number of hydrogen-bond donors (Lipinski definition) is 1. The van der Waals surface area contributed by atoms with Gasteiger partial charge in [0, 0.05) is 5.56 Å². The molecule has 4 heterocycles. The van der Waals surface area contributed by atoms with Crippen molar-refractivity contribution in [2.45, 2.75) is 63.8 Å². The number of amides is 1. The average molecular weight is 506 g/mol. The highest BCUT2D eigenvalue weighted by molar-refractivity contribution is 6.84. The minimum absolute atomic E-state index is 0.264. The van der Waals surface area contributed by atoms with Crippen molar-refractivity contribution in [2.24, 2.45) is 0 Å². The highest BCUT2D eigenvalue weighted by Gasteiger charge is 2.58. The minimum atomic E-state index is -1.76. The van der Waals surface area contributed by atoms with Gasteiger partial charge >= 0.3 is 0 Å². The van der Waals surface area contributed by atoms with Crippen LogP contribution in [0.25, 0.3) is 11.2 Å². The van der Waals surface area contributed by atoms with Crippen molar-refractivity contribution < 1.29 is 23.8 Å². The third kappa shape index (κ3) is 4.68. The van der Waals surface area contributed by atoms with Crippen LogP contribution in [0.3, 0.4) is 0 Å². The van der Waals surface area contributed by atoms with E-state index in [1.165, 1.54) is 12.7 Å². The standard InChI is InChI=1S/C25H27N5O5Si/c1-25(2)34-19-18(16(31)11-12-36(3,4)5)33-24(20(19)35-25)30-14-28-17-21(26-13-27-22(17)30)29-23(32)15-9-7-6-8-10-15/h6-10,13-14,18-20,24H,1-5H3,(H,26,27,29,32)/t18-,19-,20-,24-/m1/s1. The summed E-state index contributed by atoms with van der Waals surface area (Å²) >= 11 is 0. The number of ether oxygens (including phenoxy) is 3. The topological polar surface area (TPSA) is 117 Å². The molecule has 186 valence electrons. The van der Waals surface area contributed by atoms with Crippen LogP contribution in [0, 0.1) is 11.5 Å². The number of nitrogens with one attached hydrogen (secondary N) is 1. The van der Waals surface area contributed by atoms with Crippen molar-refractivity contribution >= 4 is 36.7 Å². The molecule has 5 rings (SSSR count). The lowest BCUT2D eigenvalue weighted by Crippen LogP contribution is -2.35. The van der Waals surface area contributed by atoms with Gasteiger partial charge in [-0.05, 0) is 31.9 Å².